The lowest BCUT2D eigenvalue weighted by Crippen LogP contribution is -2.35. The maximum absolute atomic E-state index is 13.2. The molecule has 0 saturated heterocycles. The molecule has 1 saturated carbocycles. The number of nitrogens with one attached hydrogen (secondary N) is 1. The molecule has 1 atom stereocenters. The van der Waals surface area contributed by atoms with Gasteiger partial charge in [0.25, 0.3) is 12.0 Å². The number of alkyl halides is 3. The zero-order chi connectivity index (χ0) is 29.3. The number of hydrogen-bond donors (Lipinski definition) is 1. The van der Waals surface area contributed by atoms with Gasteiger partial charge in [-0.25, -0.2) is 18.9 Å². The van der Waals surface area contributed by atoms with E-state index < -0.39 is 48.8 Å². The van der Waals surface area contributed by atoms with Crippen LogP contribution in [0.15, 0.2) is 39.7 Å². The van der Waals surface area contributed by atoms with Gasteiger partial charge in [-0.05, 0) is 54.0 Å². The largest absolute Gasteiger partial charge is 0.389 e. The molecule has 17 heteroatoms. The lowest BCUT2D eigenvalue weighted by molar-refractivity contribution is -0.134. The molecule has 11 nitrogen and oxygen atoms in total. The van der Waals surface area contributed by atoms with E-state index in [4.69, 9.17) is 11.6 Å². The number of nitrogens with zero attached hydrogens (tertiary/aromatic N) is 7. The quantitative estimate of drug-likeness (QED) is 0.360. The molecule has 3 aromatic heterocycles. The Bertz CT molecular complexity index is 1520. The van der Waals surface area contributed by atoms with Crippen molar-refractivity contribution >= 4 is 34.4 Å². The molecule has 1 N–H and O–H groups in total. The van der Waals surface area contributed by atoms with Gasteiger partial charge in [0.05, 0.1) is 30.7 Å². The lowest BCUT2D eigenvalue weighted by Gasteiger charge is -2.30. The first-order chi connectivity index (χ1) is 19.5. The minimum absolute atomic E-state index is 0.0447. The number of halogens is 6. The van der Waals surface area contributed by atoms with Crippen molar-refractivity contribution in [3.63, 3.8) is 0 Å². The van der Waals surface area contributed by atoms with Gasteiger partial charge in [0.2, 0.25) is 0 Å². The maximum atomic E-state index is 13.2. The number of urea groups is 1. The predicted molar refractivity (Wildman–Crippen MR) is 132 cm³/mol. The molecule has 3 amide bonds. The minimum Gasteiger partial charge on any atom is -0.342 e. The van der Waals surface area contributed by atoms with Crippen molar-refractivity contribution in [2.75, 3.05) is 6.54 Å². The Morgan fingerprint density at radius 3 is 2.63 bits per heavy atom. The van der Waals surface area contributed by atoms with Gasteiger partial charge >= 0.3 is 12.2 Å². The molecule has 0 bridgehead atoms. The van der Waals surface area contributed by atoms with E-state index in [2.05, 4.69) is 35.3 Å². The Labute approximate surface area is 233 Å². The summed E-state index contributed by atoms with van der Waals surface area (Å²) in [4.78, 5) is 34.8. The topological polar surface area (TPSA) is 131 Å². The molecule has 1 aliphatic heterocycles. The first-order valence-corrected chi connectivity index (χ1v) is 12.9. The number of aromatic nitrogens is 5. The summed E-state index contributed by atoms with van der Waals surface area (Å²) in [6.45, 7) is 0.343. The number of rotatable bonds is 8. The second-order valence-corrected chi connectivity index (χ2v) is 10.2. The van der Waals surface area contributed by atoms with E-state index in [1.807, 2.05) is 0 Å². The van der Waals surface area contributed by atoms with Crippen LogP contribution in [0.5, 0.6) is 0 Å². The summed E-state index contributed by atoms with van der Waals surface area (Å²) in [5.74, 6) is -1.16. The Kier molecular flexibility index (Phi) is 8.02. The normalized spacial score (nSPS) is 18.6. The second kappa shape index (κ2) is 11.5. The summed E-state index contributed by atoms with van der Waals surface area (Å²) < 4.78 is 70.6. The zero-order valence-electron chi connectivity index (χ0n) is 21.2. The number of aryl methyl sites for hydroxylation is 1. The number of allylic oxidation sites excluding steroid dienone is 1. The highest BCUT2D eigenvalue weighted by Gasteiger charge is 2.34. The van der Waals surface area contributed by atoms with Crippen LogP contribution in [0, 0.1) is 5.92 Å². The van der Waals surface area contributed by atoms with Gasteiger partial charge in [-0.1, -0.05) is 16.8 Å². The van der Waals surface area contributed by atoms with Crippen molar-refractivity contribution < 1.29 is 36.2 Å². The van der Waals surface area contributed by atoms with Crippen molar-refractivity contribution in [1.29, 1.82) is 0 Å². The summed E-state index contributed by atoms with van der Waals surface area (Å²) >= 11 is 5.84. The van der Waals surface area contributed by atoms with Gasteiger partial charge < -0.3 is 10.2 Å². The van der Waals surface area contributed by atoms with Crippen molar-refractivity contribution in [3.8, 4) is 0 Å². The van der Waals surface area contributed by atoms with E-state index in [1.54, 1.807) is 12.3 Å². The van der Waals surface area contributed by atoms with Crippen molar-refractivity contribution in [2.45, 2.75) is 57.3 Å². The van der Waals surface area contributed by atoms with Crippen LogP contribution in [0.3, 0.4) is 0 Å². The van der Waals surface area contributed by atoms with Gasteiger partial charge in [-0.15, -0.1) is 0 Å². The molecule has 4 heterocycles. The molecule has 2 aliphatic rings. The van der Waals surface area contributed by atoms with Gasteiger partial charge in [0, 0.05) is 19.4 Å². The molecule has 0 radical (unpaired) electrons. The number of carbonyl (C=O) groups excluding carboxylic acids is 2. The van der Waals surface area contributed by atoms with Crippen LogP contribution in [0.4, 0.5) is 26.7 Å². The Morgan fingerprint density at radius 1 is 1.22 bits per heavy atom. The first kappa shape index (κ1) is 28.6. The van der Waals surface area contributed by atoms with E-state index in [-0.39, 0.29) is 48.3 Å². The van der Waals surface area contributed by atoms with Gasteiger partial charge in [-0.2, -0.15) is 32.0 Å². The van der Waals surface area contributed by atoms with Crippen LogP contribution in [-0.4, -0.2) is 59.6 Å². The molecule has 41 heavy (non-hydrogen) atoms. The van der Waals surface area contributed by atoms with Gasteiger partial charge in [0.1, 0.15) is 10.9 Å². The summed E-state index contributed by atoms with van der Waals surface area (Å²) in [6.07, 6.45) is -4.08. The summed E-state index contributed by atoms with van der Waals surface area (Å²) in [5, 5.41) is 14.2. The first-order valence-electron chi connectivity index (χ1n) is 12.5. The fourth-order valence-corrected chi connectivity index (χ4v) is 5.12. The highest BCUT2D eigenvalue weighted by atomic mass is 35.5. The molecular formula is C24H22ClF5N8O3. The van der Waals surface area contributed by atoms with Crippen LogP contribution in [0.1, 0.15) is 65.6 Å². The van der Waals surface area contributed by atoms with E-state index >= 15 is 0 Å². The van der Waals surface area contributed by atoms with E-state index in [9.17, 15) is 31.5 Å². The highest BCUT2D eigenvalue weighted by Crippen LogP contribution is 2.38. The number of fused-ring (bicyclic) bond motifs is 1. The standard InChI is InChI=1S/C24H22ClF5N8O3/c25-17-11-37(23(40)33-17)9-12-7-18-32-16(10-38(18)31-8-12)19(13-1-3-14(4-2-13)21(26)27)34-22(39)20-15(35-41-36-20)5-6-24(28,29)30/h7-8,10,13,19H,1-6,9,11H2,(H,34,39)/t19-/m0/s1. The third-order valence-corrected chi connectivity index (χ3v) is 7.18. The molecule has 1 aliphatic carbocycles. The third-order valence-electron chi connectivity index (χ3n) is 6.97. The molecule has 218 valence electrons. The van der Waals surface area contributed by atoms with Crippen molar-refractivity contribution in [1.82, 2.24) is 35.1 Å². The highest BCUT2D eigenvalue weighted by molar-refractivity contribution is 6.67. The van der Waals surface area contributed by atoms with Crippen LogP contribution < -0.4 is 5.32 Å². The molecular weight excluding hydrogens is 579 g/mol. The smallest absolute Gasteiger partial charge is 0.342 e. The van der Waals surface area contributed by atoms with Gasteiger partial charge in [-0.3, -0.25) is 4.79 Å². The summed E-state index contributed by atoms with van der Waals surface area (Å²) in [7, 11) is 0. The third kappa shape index (κ3) is 6.69. The van der Waals surface area contributed by atoms with Crippen LogP contribution in [0.25, 0.3) is 5.65 Å². The summed E-state index contributed by atoms with van der Waals surface area (Å²) in [5.41, 5.74) is 0.774. The molecule has 0 unspecified atom stereocenters. The average Bonchev–Trinajstić information content (AvgIpc) is 3.63. The van der Waals surface area contributed by atoms with Crippen LogP contribution in [-0.2, 0) is 13.0 Å². The predicted octanol–water partition coefficient (Wildman–Crippen LogP) is 4.99. The van der Waals surface area contributed by atoms with Crippen LogP contribution >= 0.6 is 11.6 Å². The molecule has 0 aromatic carbocycles. The van der Waals surface area contributed by atoms with E-state index in [0.29, 0.717) is 29.7 Å². The van der Waals surface area contributed by atoms with Crippen LogP contribution in [0.2, 0.25) is 0 Å². The van der Waals surface area contributed by atoms with E-state index in [1.165, 1.54) is 15.6 Å². The number of aliphatic imine (C=N–C) groups is 1. The SMILES string of the molecule is O=C(N[C@H](c1cn2ncc(CN3CC(Cl)=NC3=O)cc2n1)C1CCC(=C(F)F)CC1)c1nonc1CCC(F)(F)F. The summed E-state index contributed by atoms with van der Waals surface area (Å²) in [6, 6.07) is 0.400. The Morgan fingerprint density at radius 2 is 1.98 bits per heavy atom. The van der Waals surface area contributed by atoms with Gasteiger partial charge in [0.15, 0.2) is 11.3 Å². The van der Waals surface area contributed by atoms with E-state index in [0.717, 1.165) is 0 Å². The maximum Gasteiger partial charge on any atom is 0.389 e. The number of carbonyl (C=O) groups is 2. The molecule has 3 aromatic rings. The van der Waals surface area contributed by atoms with Crippen molar-refractivity contribution in [2.24, 2.45) is 10.9 Å². The lowest BCUT2D eigenvalue weighted by atomic mass is 9.80. The Hall–Kier alpha value is -3.95. The number of imidazole rings is 1. The Balaban J connectivity index is 1.40. The minimum atomic E-state index is -4.47. The number of amides is 3. The van der Waals surface area contributed by atoms with Crippen molar-refractivity contribution in [3.05, 3.63) is 52.8 Å². The fraction of sp³-hybridized carbons (Fsp3) is 0.458. The molecule has 0 spiro atoms. The zero-order valence-corrected chi connectivity index (χ0v) is 21.9. The number of hydrogen-bond acceptors (Lipinski definition) is 7. The molecule has 1 fully saturated rings. The fourth-order valence-electron chi connectivity index (χ4n) is 4.91. The monoisotopic (exact) mass is 600 g/mol. The average molecular weight is 601 g/mol. The molecule has 5 rings (SSSR count). The second-order valence-electron chi connectivity index (χ2n) is 9.79.